The maximum atomic E-state index is 8.85. The van der Waals surface area contributed by atoms with Crippen LogP contribution in [0.2, 0.25) is 0 Å². The Morgan fingerprint density at radius 3 is 2.94 bits per heavy atom. The first-order chi connectivity index (χ1) is 8.86. The number of nitrogens with zero attached hydrogens (tertiary/aromatic N) is 3. The molecule has 0 N–H and O–H groups in total. The van der Waals surface area contributed by atoms with Crippen molar-refractivity contribution in [3.63, 3.8) is 0 Å². The molecule has 0 radical (unpaired) electrons. The summed E-state index contributed by atoms with van der Waals surface area (Å²) in [6, 6.07) is 11.1. The van der Waals surface area contributed by atoms with Crippen LogP contribution < -0.4 is 0 Å². The van der Waals surface area contributed by atoms with Gasteiger partial charge in [0.25, 0.3) is 5.89 Å². The highest BCUT2D eigenvalue weighted by Crippen LogP contribution is 2.23. The molecule has 2 aromatic heterocycles. The molecule has 5 heteroatoms. The molecule has 0 unspecified atom stereocenters. The first kappa shape index (κ1) is 10.7. The zero-order chi connectivity index (χ0) is 12.4. The number of benzene rings is 1. The Hall–Kier alpha value is -2.45. The van der Waals surface area contributed by atoms with Crippen LogP contribution in [0.1, 0.15) is 5.56 Å². The monoisotopic (exact) mass is 253 g/mol. The highest BCUT2D eigenvalue weighted by Gasteiger charge is 2.10. The van der Waals surface area contributed by atoms with Crippen molar-refractivity contribution >= 4 is 11.3 Å². The predicted octanol–water partition coefficient (Wildman–Crippen LogP) is 3.34. The molecule has 0 bridgehead atoms. The molecular formula is C13H7N3OS. The van der Waals surface area contributed by atoms with Gasteiger partial charge in [-0.05, 0) is 29.6 Å². The molecule has 0 amide bonds. The number of rotatable bonds is 2. The third kappa shape index (κ3) is 1.90. The summed E-state index contributed by atoms with van der Waals surface area (Å²) in [6.07, 6.45) is 0. The molecule has 0 saturated heterocycles. The van der Waals surface area contributed by atoms with Crippen molar-refractivity contribution in [2.45, 2.75) is 0 Å². The van der Waals surface area contributed by atoms with E-state index < -0.39 is 0 Å². The molecule has 0 aliphatic heterocycles. The SMILES string of the molecule is N#Cc1cccc(-c2nc(-c3ccsc3)no2)c1. The Kier molecular flexibility index (Phi) is 2.63. The van der Waals surface area contributed by atoms with Gasteiger partial charge in [-0.3, -0.25) is 0 Å². The summed E-state index contributed by atoms with van der Waals surface area (Å²) in [5, 5.41) is 16.7. The zero-order valence-corrected chi connectivity index (χ0v) is 10.0. The third-order valence-electron chi connectivity index (χ3n) is 2.44. The molecule has 4 nitrogen and oxygen atoms in total. The van der Waals surface area contributed by atoms with E-state index in [1.165, 1.54) is 0 Å². The van der Waals surface area contributed by atoms with E-state index in [0.29, 0.717) is 17.3 Å². The molecular weight excluding hydrogens is 246 g/mol. The Morgan fingerprint density at radius 2 is 2.17 bits per heavy atom. The van der Waals surface area contributed by atoms with Gasteiger partial charge >= 0.3 is 0 Å². The van der Waals surface area contributed by atoms with E-state index in [9.17, 15) is 0 Å². The first-order valence-electron chi connectivity index (χ1n) is 5.23. The molecule has 0 aliphatic rings. The van der Waals surface area contributed by atoms with Gasteiger partial charge in [-0.25, -0.2) is 0 Å². The molecule has 0 fully saturated rings. The van der Waals surface area contributed by atoms with Gasteiger partial charge in [-0.1, -0.05) is 11.2 Å². The summed E-state index contributed by atoms with van der Waals surface area (Å²) >= 11 is 1.58. The van der Waals surface area contributed by atoms with E-state index in [1.807, 2.05) is 22.9 Å². The van der Waals surface area contributed by atoms with Crippen LogP contribution in [-0.2, 0) is 0 Å². The van der Waals surface area contributed by atoms with Gasteiger partial charge < -0.3 is 4.52 Å². The molecule has 0 spiro atoms. The van der Waals surface area contributed by atoms with Gasteiger partial charge in [-0.15, -0.1) is 0 Å². The van der Waals surface area contributed by atoms with Crippen LogP contribution in [0.15, 0.2) is 45.6 Å². The van der Waals surface area contributed by atoms with E-state index in [4.69, 9.17) is 9.78 Å². The largest absolute Gasteiger partial charge is 0.334 e. The number of hydrogen-bond acceptors (Lipinski definition) is 5. The molecule has 0 aliphatic carbocycles. The van der Waals surface area contributed by atoms with E-state index in [-0.39, 0.29) is 0 Å². The smallest absolute Gasteiger partial charge is 0.258 e. The summed E-state index contributed by atoms with van der Waals surface area (Å²) in [7, 11) is 0. The maximum absolute atomic E-state index is 8.85. The fourth-order valence-electron chi connectivity index (χ4n) is 1.57. The minimum absolute atomic E-state index is 0.424. The minimum atomic E-state index is 0.424. The lowest BCUT2D eigenvalue weighted by atomic mass is 10.1. The second-order valence-corrected chi connectivity index (χ2v) is 4.41. The van der Waals surface area contributed by atoms with E-state index >= 15 is 0 Å². The van der Waals surface area contributed by atoms with Crippen molar-refractivity contribution in [3.8, 4) is 28.9 Å². The first-order valence-corrected chi connectivity index (χ1v) is 6.18. The molecule has 3 aromatic rings. The standard InChI is InChI=1S/C13H7N3OS/c14-7-9-2-1-3-10(6-9)13-15-12(16-17-13)11-4-5-18-8-11/h1-6,8H. The lowest BCUT2D eigenvalue weighted by Gasteiger charge is -1.93. The lowest BCUT2D eigenvalue weighted by molar-refractivity contribution is 0.432. The van der Waals surface area contributed by atoms with E-state index in [1.54, 1.807) is 29.5 Å². The van der Waals surface area contributed by atoms with Gasteiger partial charge in [-0.2, -0.15) is 21.6 Å². The second kappa shape index (κ2) is 4.43. The number of thiophene rings is 1. The van der Waals surface area contributed by atoms with Crippen molar-refractivity contribution in [1.29, 1.82) is 5.26 Å². The average Bonchev–Trinajstić information content (AvgIpc) is 3.09. The Morgan fingerprint density at radius 1 is 1.22 bits per heavy atom. The topological polar surface area (TPSA) is 62.7 Å². The second-order valence-electron chi connectivity index (χ2n) is 3.63. The van der Waals surface area contributed by atoms with Crippen molar-refractivity contribution in [3.05, 3.63) is 46.7 Å². The fraction of sp³-hybridized carbons (Fsp3) is 0. The Balaban J connectivity index is 2.01. The number of nitriles is 1. The fourth-order valence-corrected chi connectivity index (χ4v) is 2.21. The summed E-state index contributed by atoms with van der Waals surface area (Å²) in [4.78, 5) is 4.32. The minimum Gasteiger partial charge on any atom is -0.334 e. The summed E-state index contributed by atoms with van der Waals surface area (Å²) in [5.74, 6) is 0.988. The quantitative estimate of drug-likeness (QED) is 0.702. The summed E-state index contributed by atoms with van der Waals surface area (Å²) < 4.78 is 5.21. The molecule has 0 atom stereocenters. The molecule has 3 rings (SSSR count). The molecule has 2 heterocycles. The van der Waals surface area contributed by atoms with Gasteiger partial charge in [0.1, 0.15) is 0 Å². The van der Waals surface area contributed by atoms with Crippen LogP contribution >= 0.6 is 11.3 Å². The summed E-state index contributed by atoms with van der Waals surface area (Å²) in [6.45, 7) is 0. The third-order valence-corrected chi connectivity index (χ3v) is 3.13. The van der Waals surface area contributed by atoms with Crippen LogP contribution in [0, 0.1) is 11.3 Å². The molecule has 86 valence electrons. The molecule has 18 heavy (non-hydrogen) atoms. The van der Waals surface area contributed by atoms with Crippen LogP contribution in [-0.4, -0.2) is 10.1 Å². The number of hydrogen-bond donors (Lipinski definition) is 0. The Bertz CT molecular complexity index is 710. The molecule has 0 saturated carbocycles. The van der Waals surface area contributed by atoms with Crippen LogP contribution in [0.4, 0.5) is 0 Å². The van der Waals surface area contributed by atoms with Crippen molar-refractivity contribution in [1.82, 2.24) is 10.1 Å². The maximum Gasteiger partial charge on any atom is 0.258 e. The van der Waals surface area contributed by atoms with Gasteiger partial charge in [0.15, 0.2) is 0 Å². The summed E-state index contributed by atoms with van der Waals surface area (Å²) in [5.41, 5.74) is 2.26. The van der Waals surface area contributed by atoms with Crippen LogP contribution in [0.3, 0.4) is 0 Å². The lowest BCUT2D eigenvalue weighted by Crippen LogP contribution is -1.80. The van der Waals surface area contributed by atoms with Crippen molar-refractivity contribution < 1.29 is 4.52 Å². The van der Waals surface area contributed by atoms with E-state index in [0.717, 1.165) is 11.1 Å². The highest BCUT2D eigenvalue weighted by molar-refractivity contribution is 7.08. The predicted molar refractivity (Wildman–Crippen MR) is 67.8 cm³/mol. The van der Waals surface area contributed by atoms with Gasteiger partial charge in [0, 0.05) is 16.5 Å². The van der Waals surface area contributed by atoms with Crippen molar-refractivity contribution in [2.24, 2.45) is 0 Å². The van der Waals surface area contributed by atoms with Gasteiger partial charge in [0.2, 0.25) is 5.82 Å². The van der Waals surface area contributed by atoms with Crippen LogP contribution in [0.5, 0.6) is 0 Å². The van der Waals surface area contributed by atoms with Gasteiger partial charge in [0.05, 0.1) is 11.6 Å². The Labute approximate surface area is 107 Å². The van der Waals surface area contributed by atoms with E-state index in [2.05, 4.69) is 16.2 Å². The number of aromatic nitrogens is 2. The average molecular weight is 253 g/mol. The van der Waals surface area contributed by atoms with Crippen molar-refractivity contribution in [2.75, 3.05) is 0 Å². The normalized spacial score (nSPS) is 10.2. The molecule has 1 aromatic carbocycles. The highest BCUT2D eigenvalue weighted by atomic mass is 32.1. The zero-order valence-electron chi connectivity index (χ0n) is 9.20. The van der Waals surface area contributed by atoms with Crippen LogP contribution in [0.25, 0.3) is 22.8 Å².